The zero-order valence-corrected chi connectivity index (χ0v) is 17.6. The Morgan fingerprint density at radius 2 is 1.30 bits per heavy atom. The summed E-state index contributed by atoms with van der Waals surface area (Å²) in [6.45, 7) is 0. The fourth-order valence-corrected chi connectivity index (χ4v) is 3.35. The summed E-state index contributed by atoms with van der Waals surface area (Å²) < 4.78 is 0. The van der Waals surface area contributed by atoms with Crippen LogP contribution in [0.5, 0.6) is 0 Å². The van der Waals surface area contributed by atoms with E-state index in [0.717, 1.165) is 11.1 Å². The van der Waals surface area contributed by atoms with E-state index in [9.17, 15) is 9.59 Å². The van der Waals surface area contributed by atoms with Crippen LogP contribution >= 0.6 is 12.2 Å². The molecule has 0 aromatic heterocycles. The Balaban J connectivity index is 1.81. The van der Waals surface area contributed by atoms with Crippen LogP contribution in [0.1, 0.15) is 27.4 Å². The van der Waals surface area contributed by atoms with Gasteiger partial charge >= 0.3 is 0 Å². The van der Waals surface area contributed by atoms with Crippen LogP contribution in [-0.2, 0) is 4.79 Å². The number of para-hydroxylation sites is 1. The third kappa shape index (κ3) is 5.10. The van der Waals surface area contributed by atoms with Crippen molar-refractivity contribution >= 4 is 34.8 Å². The normalized spacial score (nSPS) is 10.4. The lowest BCUT2D eigenvalue weighted by Gasteiger charge is -2.20. The minimum Gasteiger partial charge on any atom is -0.345 e. The number of amides is 2. The topological polar surface area (TPSA) is 61.4 Å². The second-order valence-corrected chi connectivity index (χ2v) is 7.35. The summed E-state index contributed by atoms with van der Waals surface area (Å²) in [4.78, 5) is 27.0. The Morgan fingerprint density at radius 3 is 1.83 bits per heavy atom. The SMILES string of the molecule is CN(C)C(=O)c1ccccc1NC(=S)NC(=O)C(c1ccccc1)c1ccccc1. The number of nitrogens with zero attached hydrogens (tertiary/aromatic N) is 1. The van der Waals surface area contributed by atoms with Gasteiger partial charge in [0, 0.05) is 14.1 Å². The van der Waals surface area contributed by atoms with Crippen molar-refractivity contribution in [2.45, 2.75) is 5.92 Å². The van der Waals surface area contributed by atoms with E-state index in [1.165, 1.54) is 4.90 Å². The first-order chi connectivity index (χ1) is 14.5. The van der Waals surface area contributed by atoms with Crippen LogP contribution in [-0.4, -0.2) is 35.9 Å². The summed E-state index contributed by atoms with van der Waals surface area (Å²) in [5.74, 6) is -0.911. The monoisotopic (exact) mass is 417 g/mol. The second-order valence-electron chi connectivity index (χ2n) is 6.94. The molecule has 0 atom stereocenters. The highest BCUT2D eigenvalue weighted by molar-refractivity contribution is 7.80. The predicted molar refractivity (Wildman–Crippen MR) is 124 cm³/mol. The van der Waals surface area contributed by atoms with E-state index in [-0.39, 0.29) is 16.9 Å². The van der Waals surface area contributed by atoms with Crippen LogP contribution in [0, 0.1) is 0 Å². The van der Waals surface area contributed by atoms with Gasteiger partial charge in [-0.15, -0.1) is 0 Å². The Hall–Kier alpha value is -3.51. The van der Waals surface area contributed by atoms with Crippen molar-refractivity contribution in [2.24, 2.45) is 0 Å². The maximum atomic E-state index is 13.2. The molecule has 0 bridgehead atoms. The molecule has 3 aromatic rings. The number of nitrogens with one attached hydrogen (secondary N) is 2. The number of carbonyl (C=O) groups excluding carboxylic acids is 2. The van der Waals surface area contributed by atoms with Crippen LogP contribution < -0.4 is 10.6 Å². The summed E-state index contributed by atoms with van der Waals surface area (Å²) >= 11 is 5.38. The van der Waals surface area contributed by atoms with E-state index >= 15 is 0 Å². The molecule has 0 aliphatic carbocycles. The summed E-state index contributed by atoms with van der Waals surface area (Å²) in [6, 6.07) is 26.1. The van der Waals surface area contributed by atoms with Crippen LogP contribution in [0.3, 0.4) is 0 Å². The molecule has 0 aliphatic heterocycles. The van der Waals surface area contributed by atoms with Crippen molar-refractivity contribution in [3.05, 3.63) is 102 Å². The zero-order valence-electron chi connectivity index (χ0n) is 16.8. The van der Waals surface area contributed by atoms with Crippen LogP contribution in [0.2, 0.25) is 0 Å². The van der Waals surface area contributed by atoms with Gasteiger partial charge in [0.25, 0.3) is 5.91 Å². The van der Waals surface area contributed by atoms with E-state index in [1.54, 1.807) is 38.4 Å². The standard InChI is InChI=1S/C24H23N3O2S/c1-27(2)23(29)19-15-9-10-16-20(19)25-24(30)26-22(28)21(17-11-5-3-6-12-17)18-13-7-4-8-14-18/h3-16,21H,1-2H3,(H2,25,26,28,30). The molecule has 0 heterocycles. The smallest absolute Gasteiger partial charge is 0.255 e. The first-order valence-corrected chi connectivity index (χ1v) is 9.90. The van der Waals surface area contributed by atoms with Gasteiger partial charge in [-0.2, -0.15) is 0 Å². The zero-order chi connectivity index (χ0) is 21.5. The number of anilines is 1. The van der Waals surface area contributed by atoms with Gasteiger partial charge in [0.2, 0.25) is 5.91 Å². The number of rotatable bonds is 5. The first-order valence-electron chi connectivity index (χ1n) is 9.50. The van der Waals surface area contributed by atoms with Gasteiger partial charge in [-0.25, -0.2) is 0 Å². The molecule has 5 nitrogen and oxygen atoms in total. The molecular weight excluding hydrogens is 394 g/mol. The van der Waals surface area contributed by atoms with E-state index < -0.39 is 5.92 Å². The average molecular weight is 418 g/mol. The van der Waals surface area contributed by atoms with Gasteiger partial charge in [-0.1, -0.05) is 72.8 Å². The summed E-state index contributed by atoms with van der Waals surface area (Å²) in [5.41, 5.74) is 2.75. The van der Waals surface area contributed by atoms with E-state index in [4.69, 9.17) is 12.2 Å². The molecule has 3 aromatic carbocycles. The maximum absolute atomic E-state index is 13.2. The summed E-state index contributed by atoms with van der Waals surface area (Å²) in [6.07, 6.45) is 0. The van der Waals surface area contributed by atoms with E-state index in [2.05, 4.69) is 10.6 Å². The highest BCUT2D eigenvalue weighted by Crippen LogP contribution is 2.25. The third-order valence-corrected chi connectivity index (χ3v) is 4.78. The number of carbonyl (C=O) groups is 2. The fraction of sp³-hybridized carbons (Fsp3) is 0.125. The van der Waals surface area contributed by atoms with Crippen molar-refractivity contribution in [3.63, 3.8) is 0 Å². The molecule has 0 saturated heterocycles. The lowest BCUT2D eigenvalue weighted by molar-refractivity contribution is -0.120. The van der Waals surface area contributed by atoms with Gasteiger partial charge in [0.15, 0.2) is 5.11 Å². The highest BCUT2D eigenvalue weighted by Gasteiger charge is 2.23. The van der Waals surface area contributed by atoms with E-state index in [1.807, 2.05) is 60.7 Å². The lowest BCUT2D eigenvalue weighted by atomic mass is 9.90. The Labute approximate surface area is 181 Å². The number of thiocarbonyl (C=S) groups is 1. The maximum Gasteiger partial charge on any atom is 0.255 e. The van der Waals surface area contributed by atoms with Gasteiger partial charge in [-0.3, -0.25) is 9.59 Å². The van der Waals surface area contributed by atoms with E-state index in [0.29, 0.717) is 11.3 Å². The molecule has 2 N–H and O–H groups in total. The molecule has 0 aliphatic rings. The summed E-state index contributed by atoms with van der Waals surface area (Å²) in [5, 5.41) is 5.90. The molecule has 152 valence electrons. The predicted octanol–water partition coefficient (Wildman–Crippen LogP) is 4.03. The Morgan fingerprint density at radius 1 is 0.800 bits per heavy atom. The number of benzene rings is 3. The van der Waals surface area contributed by atoms with Crippen molar-refractivity contribution in [1.82, 2.24) is 10.2 Å². The van der Waals surface area contributed by atoms with Crippen molar-refractivity contribution in [1.29, 1.82) is 0 Å². The Kier molecular flexibility index (Phi) is 6.93. The molecule has 0 radical (unpaired) electrons. The van der Waals surface area contributed by atoms with Crippen LogP contribution in [0.15, 0.2) is 84.9 Å². The van der Waals surface area contributed by atoms with Crippen molar-refractivity contribution in [3.8, 4) is 0 Å². The average Bonchev–Trinajstić information content (AvgIpc) is 2.75. The molecule has 2 amide bonds. The molecule has 0 saturated carbocycles. The highest BCUT2D eigenvalue weighted by atomic mass is 32.1. The van der Waals surface area contributed by atoms with Gasteiger partial charge in [0.05, 0.1) is 17.2 Å². The minimum atomic E-state index is -0.509. The largest absolute Gasteiger partial charge is 0.345 e. The van der Waals surface area contributed by atoms with Crippen molar-refractivity contribution < 1.29 is 9.59 Å². The molecule has 3 rings (SSSR count). The van der Waals surface area contributed by atoms with Gasteiger partial charge < -0.3 is 15.5 Å². The van der Waals surface area contributed by atoms with Crippen LogP contribution in [0.4, 0.5) is 5.69 Å². The number of hydrogen-bond acceptors (Lipinski definition) is 3. The van der Waals surface area contributed by atoms with Crippen molar-refractivity contribution in [2.75, 3.05) is 19.4 Å². The molecule has 0 fully saturated rings. The molecule has 6 heteroatoms. The quantitative estimate of drug-likeness (QED) is 0.615. The third-order valence-electron chi connectivity index (χ3n) is 4.58. The lowest BCUT2D eigenvalue weighted by Crippen LogP contribution is -2.38. The fourth-order valence-electron chi connectivity index (χ4n) is 3.14. The molecule has 30 heavy (non-hydrogen) atoms. The Bertz CT molecular complexity index is 997. The molecular formula is C24H23N3O2S. The molecule has 0 unspecified atom stereocenters. The van der Waals surface area contributed by atoms with Gasteiger partial charge in [0.1, 0.15) is 0 Å². The number of hydrogen-bond donors (Lipinski definition) is 2. The summed E-state index contributed by atoms with van der Waals surface area (Å²) in [7, 11) is 3.37. The first kappa shape index (κ1) is 21.2. The van der Waals surface area contributed by atoms with Gasteiger partial charge in [-0.05, 0) is 35.5 Å². The minimum absolute atomic E-state index is 0.135. The molecule has 0 spiro atoms. The van der Waals surface area contributed by atoms with Crippen LogP contribution in [0.25, 0.3) is 0 Å². The second kappa shape index (κ2) is 9.80.